The third-order valence-electron chi connectivity index (χ3n) is 4.61. The smallest absolute Gasteiger partial charge is 0.402 e. The number of rotatable bonds is 6. The van der Waals surface area contributed by atoms with E-state index < -0.39 is 9.15 Å². The molecule has 0 spiro atoms. The second-order valence-corrected chi connectivity index (χ2v) is 9.62. The van der Waals surface area contributed by atoms with Gasteiger partial charge in [-0.15, -0.1) is 0 Å². The maximum Gasteiger partial charge on any atom is 0.402 e. The van der Waals surface area contributed by atoms with Gasteiger partial charge in [-0.3, -0.25) is 0 Å². The van der Waals surface area contributed by atoms with Crippen LogP contribution < -0.4 is 9.30 Å². The van der Waals surface area contributed by atoms with E-state index in [1.165, 1.54) is 7.11 Å². The van der Waals surface area contributed by atoms with Crippen molar-refractivity contribution in [2.45, 2.75) is 12.7 Å². The van der Waals surface area contributed by atoms with Gasteiger partial charge in [-0.05, 0) is 42.0 Å². The van der Waals surface area contributed by atoms with Crippen molar-refractivity contribution in [1.82, 2.24) is 14.5 Å². The third kappa shape index (κ3) is 4.00. The zero-order valence-corrected chi connectivity index (χ0v) is 17.3. The van der Waals surface area contributed by atoms with Crippen LogP contribution in [0.25, 0.3) is 22.7 Å². The first-order valence-corrected chi connectivity index (χ1v) is 11.6. The molecule has 4 rings (SSSR count). The highest BCUT2D eigenvalue weighted by Crippen LogP contribution is 2.25. The molecule has 0 aliphatic carbocycles. The highest BCUT2D eigenvalue weighted by atomic mass is 33.1. The molecule has 0 saturated heterocycles. The summed E-state index contributed by atoms with van der Waals surface area (Å²) in [4.78, 5) is 7.90. The molecule has 3 aromatic heterocycles. The maximum absolute atomic E-state index is 11.2. The lowest BCUT2D eigenvalue weighted by atomic mass is 10.2. The Balaban J connectivity index is 1.81. The van der Waals surface area contributed by atoms with Crippen LogP contribution in [-0.2, 0) is 14.9 Å². The molecule has 29 heavy (non-hydrogen) atoms. The predicted octanol–water partition coefficient (Wildman–Crippen LogP) is 2.64. The monoisotopic (exact) mass is 430 g/mol. The van der Waals surface area contributed by atoms with E-state index in [9.17, 15) is 13.0 Å². The van der Waals surface area contributed by atoms with Crippen LogP contribution in [0.4, 0.5) is 0 Å². The number of aromatic nitrogens is 4. The zero-order valence-electron chi connectivity index (χ0n) is 15.7. The van der Waals surface area contributed by atoms with E-state index in [0.717, 1.165) is 22.3 Å². The Bertz CT molecular complexity index is 1280. The fourth-order valence-electron chi connectivity index (χ4n) is 3.17. The third-order valence-corrected chi connectivity index (χ3v) is 6.51. The van der Waals surface area contributed by atoms with Gasteiger partial charge in [-0.25, -0.2) is 18.0 Å². The number of H-pyrrole nitrogens is 1. The van der Waals surface area contributed by atoms with E-state index in [4.69, 9.17) is 4.74 Å². The summed E-state index contributed by atoms with van der Waals surface area (Å²) in [6.45, 7) is 1.81. The van der Waals surface area contributed by atoms with Crippen molar-refractivity contribution in [3.63, 3.8) is 0 Å². The van der Waals surface area contributed by atoms with E-state index in [1.54, 1.807) is 16.8 Å². The Morgan fingerprint density at radius 3 is 2.72 bits per heavy atom. The van der Waals surface area contributed by atoms with Crippen LogP contribution in [0.2, 0.25) is 0 Å². The van der Waals surface area contributed by atoms with Crippen molar-refractivity contribution >= 4 is 31.0 Å². The van der Waals surface area contributed by atoms with E-state index in [-0.39, 0.29) is 5.75 Å². The summed E-state index contributed by atoms with van der Waals surface area (Å²) >= 11 is 0. The van der Waals surface area contributed by atoms with Crippen LogP contribution in [0.5, 0.6) is 5.75 Å². The summed E-state index contributed by atoms with van der Waals surface area (Å²) in [7, 11) is -2.56. The molecule has 3 heterocycles. The van der Waals surface area contributed by atoms with Gasteiger partial charge in [-0.2, -0.15) is 0 Å². The first-order valence-electron chi connectivity index (χ1n) is 8.67. The minimum atomic E-state index is -4.43. The van der Waals surface area contributed by atoms with Crippen LogP contribution in [0.15, 0.2) is 55.0 Å². The number of ether oxygens (including phenoxy) is 1. The Labute approximate surface area is 171 Å². The van der Waals surface area contributed by atoms with E-state index in [0.29, 0.717) is 28.2 Å². The van der Waals surface area contributed by atoms with Gasteiger partial charge in [0.15, 0.2) is 5.52 Å². The molecule has 4 aromatic rings. The van der Waals surface area contributed by atoms with Gasteiger partial charge in [0, 0.05) is 35.8 Å². The lowest BCUT2D eigenvalue weighted by Crippen LogP contribution is -2.37. The normalized spacial score (nSPS) is 11.8. The molecule has 1 aromatic carbocycles. The second-order valence-electron chi connectivity index (χ2n) is 6.35. The number of fused-ring (bicyclic) bond motifs is 1. The fourth-order valence-corrected chi connectivity index (χ4v) is 4.55. The number of aromatic amines is 1. The maximum atomic E-state index is 11.2. The molecular weight excluding hydrogens is 412 g/mol. The molecule has 0 bridgehead atoms. The van der Waals surface area contributed by atoms with Gasteiger partial charge in [0.05, 0.1) is 19.1 Å². The van der Waals surface area contributed by atoms with Crippen molar-refractivity contribution < 1.29 is 22.3 Å². The Morgan fingerprint density at radius 2 is 2.03 bits per heavy atom. The topological polar surface area (TPSA) is 104 Å². The average molecular weight is 431 g/mol. The first-order chi connectivity index (χ1) is 13.9. The number of methoxy groups -OCH3 is 1. The standard InChI is InChI=1S/C19H18N4O4S2/c1-13-17(12-28-29(24,25)26)23(10-7-18(13)27-2)19-20-15-6-5-14(11-16(15)21-19)22-8-3-4-9-22/h3-11H,12H2,1-2H3,(H-,20,21,24,25,26). The number of benzene rings is 1. The van der Waals surface area contributed by atoms with Crippen LogP contribution >= 0.6 is 10.8 Å². The summed E-state index contributed by atoms with van der Waals surface area (Å²) in [6.07, 6.45) is 5.65. The van der Waals surface area contributed by atoms with Crippen LogP contribution in [-0.4, -0.2) is 34.6 Å². The minimum Gasteiger partial charge on any atom is -0.739 e. The fraction of sp³-hybridized carbons (Fsp3) is 0.158. The Morgan fingerprint density at radius 1 is 1.28 bits per heavy atom. The summed E-state index contributed by atoms with van der Waals surface area (Å²) in [5.41, 5.74) is 3.94. The SMILES string of the molecule is COc1cc[n+](-c2nc3ccc(-n4cccc4)cc3[nH]2)c(CSS(=O)(=O)[O-])c1C. The van der Waals surface area contributed by atoms with Crippen LogP contribution in [0, 0.1) is 6.92 Å². The van der Waals surface area contributed by atoms with Crippen molar-refractivity contribution in [3.8, 4) is 17.4 Å². The summed E-state index contributed by atoms with van der Waals surface area (Å²) in [6, 6.07) is 11.5. The molecule has 0 unspecified atom stereocenters. The van der Waals surface area contributed by atoms with Gasteiger partial charge >= 0.3 is 5.95 Å². The minimum absolute atomic E-state index is 0.0273. The molecule has 0 aliphatic rings. The highest BCUT2D eigenvalue weighted by molar-refractivity contribution is 8.69. The highest BCUT2D eigenvalue weighted by Gasteiger charge is 2.21. The average Bonchev–Trinajstić information content (AvgIpc) is 3.35. The summed E-state index contributed by atoms with van der Waals surface area (Å²) < 4.78 is 42.5. The summed E-state index contributed by atoms with van der Waals surface area (Å²) in [5, 5.41) is 0. The molecule has 0 saturated carbocycles. The number of imidazole rings is 1. The molecule has 10 heteroatoms. The number of pyridine rings is 1. The van der Waals surface area contributed by atoms with Gasteiger partial charge in [0.1, 0.15) is 26.1 Å². The number of hydrogen-bond acceptors (Lipinski definition) is 6. The molecule has 0 amide bonds. The quantitative estimate of drug-likeness (QED) is 0.286. The largest absolute Gasteiger partial charge is 0.739 e. The molecular formula is C19H18N4O4S2. The van der Waals surface area contributed by atoms with Crippen LogP contribution in [0.1, 0.15) is 11.3 Å². The van der Waals surface area contributed by atoms with Crippen molar-refractivity contribution in [1.29, 1.82) is 0 Å². The first kappa shape index (κ1) is 19.5. The van der Waals surface area contributed by atoms with Crippen molar-refractivity contribution in [3.05, 3.63) is 66.2 Å². The molecule has 150 valence electrons. The number of hydrogen-bond donors (Lipinski definition) is 1. The number of nitrogens with one attached hydrogen (secondary N) is 1. The number of nitrogens with zero attached hydrogens (tertiary/aromatic N) is 3. The van der Waals surface area contributed by atoms with Crippen LogP contribution in [0.3, 0.4) is 0 Å². The van der Waals surface area contributed by atoms with Crippen molar-refractivity contribution in [2.75, 3.05) is 7.11 Å². The van der Waals surface area contributed by atoms with Gasteiger partial charge in [0.25, 0.3) is 0 Å². The van der Waals surface area contributed by atoms with Gasteiger partial charge in [0.2, 0.25) is 0 Å². The van der Waals surface area contributed by atoms with Gasteiger partial charge < -0.3 is 13.9 Å². The zero-order chi connectivity index (χ0) is 20.6. The summed E-state index contributed by atoms with van der Waals surface area (Å²) in [5.74, 6) is 1.10. The lowest BCUT2D eigenvalue weighted by Gasteiger charge is -2.13. The second kappa shape index (κ2) is 7.54. The molecule has 0 atom stereocenters. The molecule has 0 fully saturated rings. The van der Waals surface area contributed by atoms with E-state index in [1.807, 2.05) is 54.2 Å². The van der Waals surface area contributed by atoms with E-state index in [2.05, 4.69) is 9.97 Å². The molecule has 0 aliphatic heterocycles. The Kier molecular flexibility index (Phi) is 5.07. The molecule has 8 nitrogen and oxygen atoms in total. The molecule has 0 radical (unpaired) electrons. The van der Waals surface area contributed by atoms with E-state index >= 15 is 0 Å². The Hall–Kier alpha value is -2.82. The van der Waals surface area contributed by atoms with Crippen molar-refractivity contribution in [2.24, 2.45) is 0 Å². The molecule has 1 N–H and O–H groups in total. The predicted molar refractivity (Wildman–Crippen MR) is 109 cm³/mol. The van der Waals surface area contributed by atoms with Gasteiger partial charge in [-0.1, -0.05) is 4.98 Å². The lowest BCUT2D eigenvalue weighted by molar-refractivity contribution is -0.610.